The van der Waals surface area contributed by atoms with Gasteiger partial charge in [-0.3, -0.25) is 9.79 Å². The van der Waals surface area contributed by atoms with Gasteiger partial charge in [0.1, 0.15) is 6.10 Å². The Bertz CT molecular complexity index is 224. The Labute approximate surface area is 111 Å². The second-order valence-corrected chi connectivity index (χ2v) is 4.36. The number of carbonyl (C=O) groups is 1. The summed E-state index contributed by atoms with van der Waals surface area (Å²) >= 11 is 0. The fraction of sp³-hybridized carbons (Fsp3) is 0.857. The molecule has 0 bridgehead atoms. The van der Waals surface area contributed by atoms with Gasteiger partial charge in [-0.25, -0.2) is 0 Å². The molecule has 0 aromatic carbocycles. The number of carbonyl (C=O) groups excluding carboxylic acids is 1. The minimum absolute atomic E-state index is 0.0663. The zero-order valence-corrected chi connectivity index (χ0v) is 12.1. The molecule has 1 aliphatic rings. The van der Waals surface area contributed by atoms with Gasteiger partial charge in [-0.1, -0.05) is 33.6 Å². The Morgan fingerprint density at radius 1 is 1.39 bits per heavy atom. The summed E-state index contributed by atoms with van der Waals surface area (Å²) in [5.74, 6) is -0.0663. The van der Waals surface area contributed by atoms with E-state index in [1.165, 1.54) is 19.3 Å². The molecule has 0 fully saturated rings. The summed E-state index contributed by atoms with van der Waals surface area (Å²) in [6.45, 7) is 8.07. The molecule has 0 saturated carbocycles. The lowest BCUT2D eigenvalue weighted by atomic mass is 10.1. The fourth-order valence-electron chi connectivity index (χ4n) is 1.56. The molecular formula is C14H28N2O2. The number of ether oxygens (including phenoxy) is 1. The molecule has 1 aliphatic heterocycles. The molecule has 4 nitrogen and oxygen atoms in total. The molecule has 0 radical (unpaired) electrons. The molecule has 1 rings (SSSR count). The van der Waals surface area contributed by atoms with Gasteiger partial charge in [0.05, 0.1) is 12.9 Å². The first kappa shape index (κ1) is 16.9. The number of rotatable bonds is 7. The molecule has 0 aromatic rings. The van der Waals surface area contributed by atoms with E-state index in [0.29, 0.717) is 6.42 Å². The maximum Gasteiger partial charge on any atom is 0.305 e. The van der Waals surface area contributed by atoms with Crippen LogP contribution in [-0.2, 0) is 9.53 Å². The van der Waals surface area contributed by atoms with Crippen molar-refractivity contribution in [1.82, 2.24) is 5.32 Å². The Hall–Kier alpha value is -1.06. The summed E-state index contributed by atoms with van der Waals surface area (Å²) in [7, 11) is 0. The highest BCUT2D eigenvalue weighted by molar-refractivity contribution is 5.69. The van der Waals surface area contributed by atoms with Crippen LogP contribution in [0.15, 0.2) is 4.99 Å². The lowest BCUT2D eigenvalue weighted by Gasteiger charge is -2.15. The molecular weight excluding hydrogens is 228 g/mol. The van der Waals surface area contributed by atoms with Crippen LogP contribution in [-0.4, -0.2) is 31.5 Å². The highest BCUT2D eigenvalue weighted by atomic mass is 16.5. The molecule has 106 valence electrons. The van der Waals surface area contributed by atoms with Gasteiger partial charge in [-0.15, -0.1) is 0 Å². The zero-order chi connectivity index (χ0) is 13.6. The molecule has 0 aromatic heterocycles. The number of hydrogen-bond acceptors (Lipinski definition) is 4. The Kier molecular flexibility index (Phi) is 11.7. The van der Waals surface area contributed by atoms with Gasteiger partial charge in [-0.05, 0) is 19.3 Å². The van der Waals surface area contributed by atoms with Gasteiger partial charge < -0.3 is 10.1 Å². The summed E-state index contributed by atoms with van der Waals surface area (Å²) in [6.07, 6.45) is 7.97. The lowest BCUT2D eigenvalue weighted by molar-refractivity contribution is -0.149. The van der Waals surface area contributed by atoms with Gasteiger partial charge in [0.25, 0.3) is 0 Å². The van der Waals surface area contributed by atoms with Crippen molar-refractivity contribution in [2.45, 2.75) is 65.4 Å². The van der Waals surface area contributed by atoms with Crippen LogP contribution in [0, 0.1) is 0 Å². The van der Waals surface area contributed by atoms with E-state index in [1.807, 2.05) is 6.92 Å². The van der Waals surface area contributed by atoms with Crippen molar-refractivity contribution >= 4 is 12.3 Å². The largest absolute Gasteiger partial charge is 0.462 e. The number of hydrogen-bond donors (Lipinski definition) is 1. The van der Waals surface area contributed by atoms with Gasteiger partial charge in [-0.2, -0.15) is 0 Å². The van der Waals surface area contributed by atoms with Gasteiger partial charge in [0.2, 0.25) is 0 Å². The van der Waals surface area contributed by atoms with Crippen molar-refractivity contribution in [1.29, 1.82) is 0 Å². The third kappa shape index (κ3) is 10.1. The molecule has 0 aliphatic carbocycles. The first-order chi connectivity index (χ1) is 8.74. The summed E-state index contributed by atoms with van der Waals surface area (Å²) in [5.41, 5.74) is 0. The van der Waals surface area contributed by atoms with E-state index in [2.05, 4.69) is 24.2 Å². The van der Waals surface area contributed by atoms with Crippen LogP contribution >= 0.6 is 0 Å². The monoisotopic (exact) mass is 256 g/mol. The SMILES string of the molecule is C1=NCCN1.CCCCCC(CC)OC(=O)CC. The molecule has 0 amide bonds. The summed E-state index contributed by atoms with van der Waals surface area (Å²) < 4.78 is 5.26. The summed E-state index contributed by atoms with van der Waals surface area (Å²) in [6, 6.07) is 0. The summed E-state index contributed by atoms with van der Waals surface area (Å²) in [4.78, 5) is 14.8. The van der Waals surface area contributed by atoms with Crippen molar-refractivity contribution in [3.8, 4) is 0 Å². The zero-order valence-electron chi connectivity index (χ0n) is 12.1. The average Bonchev–Trinajstić information content (AvgIpc) is 2.96. The third-order valence-electron chi connectivity index (χ3n) is 2.74. The van der Waals surface area contributed by atoms with Crippen LogP contribution in [0.3, 0.4) is 0 Å². The predicted molar refractivity (Wildman–Crippen MR) is 76.0 cm³/mol. The van der Waals surface area contributed by atoms with E-state index in [1.54, 1.807) is 6.34 Å². The van der Waals surface area contributed by atoms with Crippen LogP contribution in [0.1, 0.15) is 59.3 Å². The molecule has 18 heavy (non-hydrogen) atoms. The number of nitrogens with zero attached hydrogens (tertiary/aromatic N) is 1. The Morgan fingerprint density at radius 3 is 2.56 bits per heavy atom. The second-order valence-electron chi connectivity index (χ2n) is 4.36. The highest BCUT2D eigenvalue weighted by Crippen LogP contribution is 2.10. The van der Waals surface area contributed by atoms with Crippen molar-refractivity contribution in [3.05, 3.63) is 0 Å². The molecule has 1 atom stereocenters. The van der Waals surface area contributed by atoms with Crippen LogP contribution in [0.4, 0.5) is 0 Å². The third-order valence-corrected chi connectivity index (χ3v) is 2.74. The smallest absolute Gasteiger partial charge is 0.305 e. The van der Waals surface area contributed by atoms with E-state index in [0.717, 1.165) is 25.9 Å². The van der Waals surface area contributed by atoms with Crippen molar-refractivity contribution < 1.29 is 9.53 Å². The lowest BCUT2D eigenvalue weighted by Crippen LogP contribution is -2.16. The van der Waals surface area contributed by atoms with E-state index in [9.17, 15) is 4.79 Å². The van der Waals surface area contributed by atoms with Crippen molar-refractivity contribution in [3.63, 3.8) is 0 Å². The maximum absolute atomic E-state index is 11.0. The number of aliphatic imine (C=N–C) groups is 1. The van der Waals surface area contributed by atoms with Gasteiger partial charge >= 0.3 is 5.97 Å². The highest BCUT2D eigenvalue weighted by Gasteiger charge is 2.09. The normalized spacial score (nSPS) is 14.4. The van der Waals surface area contributed by atoms with E-state index < -0.39 is 0 Å². The molecule has 0 saturated heterocycles. The number of esters is 1. The van der Waals surface area contributed by atoms with E-state index >= 15 is 0 Å². The van der Waals surface area contributed by atoms with Crippen LogP contribution in [0.2, 0.25) is 0 Å². The molecule has 4 heteroatoms. The number of unbranched alkanes of at least 4 members (excludes halogenated alkanes) is 2. The maximum atomic E-state index is 11.0. The van der Waals surface area contributed by atoms with Crippen molar-refractivity contribution in [2.24, 2.45) is 4.99 Å². The molecule has 0 spiro atoms. The topological polar surface area (TPSA) is 50.7 Å². The molecule has 1 heterocycles. The minimum atomic E-state index is -0.0663. The average molecular weight is 256 g/mol. The molecule has 1 unspecified atom stereocenters. The van der Waals surface area contributed by atoms with Crippen LogP contribution in [0.25, 0.3) is 0 Å². The van der Waals surface area contributed by atoms with E-state index in [-0.39, 0.29) is 12.1 Å². The fourth-order valence-corrected chi connectivity index (χ4v) is 1.56. The standard InChI is InChI=1S/C11H22O2.C3H6N2/c1-4-7-8-9-10(5-2)13-11(12)6-3;1-2-5-3-4-1/h10H,4-9H2,1-3H3;3H,1-2H2,(H,4,5). The van der Waals surface area contributed by atoms with Crippen LogP contribution < -0.4 is 5.32 Å². The quantitative estimate of drug-likeness (QED) is 0.563. The first-order valence-electron chi connectivity index (χ1n) is 7.15. The Morgan fingerprint density at radius 2 is 2.17 bits per heavy atom. The first-order valence-corrected chi connectivity index (χ1v) is 7.15. The number of nitrogens with one attached hydrogen (secondary N) is 1. The Balaban J connectivity index is 0.000000473. The van der Waals surface area contributed by atoms with E-state index in [4.69, 9.17) is 4.74 Å². The van der Waals surface area contributed by atoms with Crippen LogP contribution in [0.5, 0.6) is 0 Å². The van der Waals surface area contributed by atoms with Gasteiger partial charge in [0, 0.05) is 13.0 Å². The van der Waals surface area contributed by atoms with Crippen molar-refractivity contribution in [2.75, 3.05) is 13.1 Å². The summed E-state index contributed by atoms with van der Waals surface area (Å²) in [5, 5.41) is 2.93. The minimum Gasteiger partial charge on any atom is -0.462 e. The predicted octanol–water partition coefficient (Wildman–Crippen LogP) is 2.92. The molecule has 1 N–H and O–H groups in total. The second kappa shape index (κ2) is 12.4. The van der Waals surface area contributed by atoms with Gasteiger partial charge in [0.15, 0.2) is 0 Å².